The Hall–Kier alpha value is -2.98. The maximum atomic E-state index is 12.9. The Labute approximate surface area is 425 Å². The zero-order chi connectivity index (χ0) is 51.0. The summed E-state index contributed by atoms with van der Waals surface area (Å²) in [7, 11) is -5.08. The molecule has 6 unspecified atom stereocenters. The van der Waals surface area contributed by atoms with E-state index in [1.54, 1.807) is 0 Å². The van der Waals surface area contributed by atoms with Gasteiger partial charge in [-0.25, -0.2) is 4.18 Å². The maximum absolute atomic E-state index is 12.9. The molecular weight excluding hydrogens is 909 g/mol. The summed E-state index contributed by atoms with van der Waals surface area (Å²) in [5.74, 6) is -0.483. The summed E-state index contributed by atoms with van der Waals surface area (Å²) in [6, 6.07) is 0. The van der Waals surface area contributed by atoms with Crippen LogP contribution in [0.2, 0.25) is 0 Å². The highest BCUT2D eigenvalue weighted by atomic mass is 32.3. The van der Waals surface area contributed by atoms with Crippen molar-refractivity contribution in [3.8, 4) is 0 Å². The van der Waals surface area contributed by atoms with Crippen LogP contribution in [0.5, 0.6) is 0 Å². The molecule has 0 bridgehead atoms. The molecule has 0 amide bonds. The molecule has 12 nitrogen and oxygen atoms in total. The fraction of sp³-hybridized carbons (Fsp3) is 0.702. The summed E-state index contributed by atoms with van der Waals surface area (Å²) in [5, 5.41) is 30.8. The number of allylic oxidation sites excluding steroid dienone is 16. The number of carbonyl (C=O) groups excluding carboxylic acids is 1. The van der Waals surface area contributed by atoms with Crippen molar-refractivity contribution in [2.24, 2.45) is 0 Å². The summed E-state index contributed by atoms with van der Waals surface area (Å²) in [5.41, 5.74) is 0. The Morgan fingerprint density at radius 3 is 1.44 bits per heavy atom. The van der Waals surface area contributed by atoms with Gasteiger partial charge in [0.05, 0.1) is 19.8 Å². The molecule has 0 aromatic heterocycles. The van der Waals surface area contributed by atoms with E-state index < -0.39 is 59.8 Å². The quantitative estimate of drug-likeness (QED) is 0.0197. The van der Waals surface area contributed by atoms with E-state index in [-0.39, 0.29) is 19.6 Å². The molecule has 4 N–H and O–H groups in total. The molecule has 1 fully saturated rings. The summed E-state index contributed by atoms with van der Waals surface area (Å²) in [4.78, 5) is 12.9. The van der Waals surface area contributed by atoms with Crippen LogP contribution in [0.3, 0.4) is 0 Å². The molecule has 70 heavy (non-hydrogen) atoms. The van der Waals surface area contributed by atoms with Crippen LogP contribution in [0, 0.1) is 0 Å². The van der Waals surface area contributed by atoms with Crippen LogP contribution >= 0.6 is 0 Å². The second-order valence-electron chi connectivity index (χ2n) is 18.1. The minimum absolute atomic E-state index is 0.000871. The van der Waals surface area contributed by atoms with E-state index in [4.69, 9.17) is 18.9 Å². The predicted molar refractivity (Wildman–Crippen MR) is 285 cm³/mol. The van der Waals surface area contributed by atoms with E-state index in [0.717, 1.165) is 64.2 Å². The van der Waals surface area contributed by atoms with Crippen molar-refractivity contribution in [2.45, 2.75) is 230 Å². The van der Waals surface area contributed by atoms with Crippen LogP contribution in [-0.2, 0) is 38.3 Å². The van der Waals surface area contributed by atoms with Gasteiger partial charge in [-0.15, -0.1) is 0 Å². The van der Waals surface area contributed by atoms with E-state index in [1.165, 1.54) is 103 Å². The first-order valence-corrected chi connectivity index (χ1v) is 28.4. The van der Waals surface area contributed by atoms with Gasteiger partial charge in [-0.2, -0.15) is 8.42 Å². The monoisotopic (exact) mass is 1000 g/mol. The average Bonchev–Trinajstić information content (AvgIpc) is 3.34. The standard InChI is InChI=1S/C57H96O12S/c1-3-5-7-9-11-13-15-17-19-21-23-24-25-26-27-29-31-33-35-37-39-41-43-45-47-65-49-51(50-66-57-55(61)56(69-70(62,63)64)54(60)52(48-58)68-57)67-53(59)46-44-42-40-38-36-34-32-30-28-22-20-18-16-14-12-10-8-6-4-2/h6,8,12,14-15,17-18,20-21,23,28,30,34,36,40,42,51-52,54-58,60-61H,3-5,7,9-11,13,16,19,22,24-27,29,31-33,35,37-39,41,43-50H2,1-2H3,(H,62,63,64)/b8-6-,14-12-,17-15-,20-18-,23-21-,30-28-,36-34-,42-40-. The topological polar surface area (TPSA) is 178 Å². The van der Waals surface area contributed by atoms with Gasteiger partial charge in [0.1, 0.15) is 30.5 Å². The van der Waals surface area contributed by atoms with Gasteiger partial charge >= 0.3 is 16.4 Å². The third kappa shape index (κ3) is 39.6. The summed E-state index contributed by atoms with van der Waals surface area (Å²) >= 11 is 0. The number of esters is 1. The van der Waals surface area contributed by atoms with Crippen molar-refractivity contribution < 1.29 is 56.2 Å². The molecule has 6 atom stereocenters. The minimum Gasteiger partial charge on any atom is -0.457 e. The maximum Gasteiger partial charge on any atom is 0.397 e. The predicted octanol–water partition coefficient (Wildman–Crippen LogP) is 13.0. The van der Waals surface area contributed by atoms with Gasteiger partial charge in [0, 0.05) is 13.0 Å². The lowest BCUT2D eigenvalue weighted by atomic mass is 9.99. The lowest BCUT2D eigenvalue weighted by Crippen LogP contribution is -2.60. The van der Waals surface area contributed by atoms with Gasteiger partial charge in [0.15, 0.2) is 6.29 Å². The Morgan fingerprint density at radius 2 is 0.986 bits per heavy atom. The van der Waals surface area contributed by atoms with Crippen LogP contribution in [0.15, 0.2) is 97.2 Å². The first-order chi connectivity index (χ1) is 34.1. The van der Waals surface area contributed by atoms with Crippen molar-refractivity contribution in [3.05, 3.63) is 97.2 Å². The molecule has 1 rings (SSSR count). The SMILES string of the molecule is CC/C=C\C/C=C\C/C=C\C/C=C\C/C=C\C/C=C\CCC(=O)OC(COCCCCCCCCCCCCCC/C=C\C/C=C\CCCCCCC)COC1OC(CO)C(O)C(OS(=O)(=O)O)C1O. The molecule has 0 aliphatic carbocycles. The number of rotatable bonds is 46. The molecular formula is C57H96O12S. The normalized spacial score (nSPS) is 19.9. The van der Waals surface area contributed by atoms with Gasteiger partial charge in [0.25, 0.3) is 0 Å². The smallest absolute Gasteiger partial charge is 0.397 e. The minimum atomic E-state index is -5.08. The largest absolute Gasteiger partial charge is 0.457 e. The number of hydrogen-bond donors (Lipinski definition) is 4. The van der Waals surface area contributed by atoms with Crippen molar-refractivity contribution in [1.29, 1.82) is 0 Å². The van der Waals surface area contributed by atoms with Crippen LogP contribution in [-0.4, -0.2) is 97.5 Å². The van der Waals surface area contributed by atoms with Crippen molar-refractivity contribution >= 4 is 16.4 Å². The average molecular weight is 1010 g/mol. The zero-order valence-electron chi connectivity index (χ0n) is 43.3. The highest BCUT2D eigenvalue weighted by molar-refractivity contribution is 7.80. The molecule has 1 saturated heterocycles. The van der Waals surface area contributed by atoms with Gasteiger partial charge in [-0.1, -0.05) is 201 Å². The lowest BCUT2D eigenvalue weighted by molar-refractivity contribution is -0.301. The molecule has 1 aliphatic heterocycles. The molecule has 1 aliphatic rings. The van der Waals surface area contributed by atoms with Crippen LogP contribution in [0.25, 0.3) is 0 Å². The zero-order valence-corrected chi connectivity index (χ0v) is 44.1. The Bertz CT molecular complexity index is 1580. The summed E-state index contributed by atoms with van der Waals surface area (Å²) < 4.78 is 59.2. The van der Waals surface area contributed by atoms with Crippen molar-refractivity contribution in [3.63, 3.8) is 0 Å². The molecule has 0 aromatic rings. The van der Waals surface area contributed by atoms with Gasteiger partial charge in [-0.3, -0.25) is 9.35 Å². The van der Waals surface area contributed by atoms with Crippen molar-refractivity contribution in [2.75, 3.05) is 26.4 Å². The molecule has 0 saturated carbocycles. The number of aliphatic hydroxyl groups is 3. The number of unbranched alkanes of at least 4 members (excludes halogenated alkanes) is 17. The molecule has 0 aromatic carbocycles. The third-order valence-corrected chi connectivity index (χ3v) is 12.2. The molecule has 0 spiro atoms. The van der Waals surface area contributed by atoms with Gasteiger partial charge < -0.3 is 34.3 Å². The number of aliphatic hydroxyl groups excluding tert-OH is 3. The highest BCUT2D eigenvalue weighted by Crippen LogP contribution is 2.26. The first-order valence-electron chi connectivity index (χ1n) is 27.0. The third-order valence-electron chi connectivity index (χ3n) is 11.7. The summed E-state index contributed by atoms with van der Waals surface area (Å²) in [6.07, 6.45) is 56.0. The second-order valence-corrected chi connectivity index (χ2v) is 19.1. The Kier molecular flexibility index (Phi) is 43.7. The van der Waals surface area contributed by atoms with Crippen molar-refractivity contribution in [1.82, 2.24) is 0 Å². The fourth-order valence-corrected chi connectivity index (χ4v) is 8.18. The number of ether oxygens (including phenoxy) is 4. The molecule has 13 heteroatoms. The highest BCUT2D eigenvalue weighted by Gasteiger charge is 2.48. The van der Waals surface area contributed by atoms with E-state index in [0.29, 0.717) is 13.0 Å². The molecule has 0 radical (unpaired) electrons. The van der Waals surface area contributed by atoms with Gasteiger partial charge in [0.2, 0.25) is 0 Å². The van der Waals surface area contributed by atoms with E-state index in [1.807, 2.05) is 12.2 Å². The van der Waals surface area contributed by atoms with E-state index in [9.17, 15) is 33.1 Å². The van der Waals surface area contributed by atoms with Crippen LogP contribution in [0.1, 0.15) is 194 Å². The van der Waals surface area contributed by atoms with Crippen LogP contribution < -0.4 is 0 Å². The van der Waals surface area contributed by atoms with E-state index >= 15 is 0 Å². The fourth-order valence-electron chi connectivity index (χ4n) is 7.67. The second kappa shape index (κ2) is 47.1. The van der Waals surface area contributed by atoms with Crippen LogP contribution in [0.4, 0.5) is 0 Å². The number of hydrogen-bond acceptors (Lipinski definition) is 11. The van der Waals surface area contributed by atoms with E-state index in [2.05, 4.69) is 103 Å². The summed E-state index contributed by atoms with van der Waals surface area (Å²) in [6.45, 7) is 3.77. The Balaban J connectivity index is 2.38. The molecule has 1 heterocycles. The lowest BCUT2D eigenvalue weighted by Gasteiger charge is -2.41. The number of carbonyl (C=O) groups is 1. The Morgan fingerprint density at radius 1 is 0.557 bits per heavy atom. The molecule has 402 valence electrons. The first kappa shape index (κ1) is 65.0. The van der Waals surface area contributed by atoms with Gasteiger partial charge in [-0.05, 0) is 83.5 Å².